The zero-order valence-corrected chi connectivity index (χ0v) is 9.49. The van der Waals surface area contributed by atoms with Gasteiger partial charge in [-0.2, -0.15) is 0 Å². The Morgan fingerprint density at radius 1 is 1.40 bits per heavy atom. The fourth-order valence-corrected chi connectivity index (χ4v) is 1.24. The summed E-state index contributed by atoms with van der Waals surface area (Å²) in [6, 6.07) is 7.31. The number of carbonyl (C=O) groups excluding carboxylic acids is 1. The summed E-state index contributed by atoms with van der Waals surface area (Å²) in [7, 11) is 0. The van der Waals surface area contributed by atoms with Crippen molar-refractivity contribution in [1.29, 1.82) is 0 Å². The molecule has 0 heterocycles. The Morgan fingerprint density at radius 2 is 2.07 bits per heavy atom. The summed E-state index contributed by atoms with van der Waals surface area (Å²) >= 11 is 5.91. The SMILES string of the molecule is CC(C)OC(=O)/C=C/c1ccccc1Cl. The first-order chi connectivity index (χ1) is 7.09. The summed E-state index contributed by atoms with van der Waals surface area (Å²) in [5, 5.41) is 0.617. The Bertz CT molecular complexity index is 370. The molecule has 2 nitrogen and oxygen atoms in total. The van der Waals surface area contributed by atoms with Gasteiger partial charge in [-0.25, -0.2) is 4.79 Å². The van der Waals surface area contributed by atoms with Crippen molar-refractivity contribution < 1.29 is 9.53 Å². The number of hydrogen-bond donors (Lipinski definition) is 0. The van der Waals surface area contributed by atoms with Crippen LogP contribution in [0.15, 0.2) is 30.3 Å². The van der Waals surface area contributed by atoms with Gasteiger partial charge in [0.1, 0.15) is 0 Å². The van der Waals surface area contributed by atoms with Crippen molar-refractivity contribution in [2.24, 2.45) is 0 Å². The van der Waals surface area contributed by atoms with Crippen LogP contribution in [0.1, 0.15) is 19.4 Å². The van der Waals surface area contributed by atoms with Crippen LogP contribution in [0.2, 0.25) is 5.02 Å². The van der Waals surface area contributed by atoms with Crippen LogP contribution in [0.25, 0.3) is 6.08 Å². The van der Waals surface area contributed by atoms with Crippen molar-refractivity contribution in [3.8, 4) is 0 Å². The Labute approximate surface area is 94.5 Å². The van der Waals surface area contributed by atoms with Crippen LogP contribution in [-0.2, 0) is 9.53 Å². The van der Waals surface area contributed by atoms with E-state index in [-0.39, 0.29) is 12.1 Å². The lowest BCUT2D eigenvalue weighted by Crippen LogP contribution is -2.08. The van der Waals surface area contributed by atoms with Crippen molar-refractivity contribution in [2.75, 3.05) is 0 Å². The predicted molar refractivity (Wildman–Crippen MR) is 61.7 cm³/mol. The van der Waals surface area contributed by atoms with E-state index < -0.39 is 0 Å². The molecule has 0 aliphatic rings. The minimum absolute atomic E-state index is 0.103. The monoisotopic (exact) mass is 224 g/mol. The van der Waals surface area contributed by atoms with Gasteiger partial charge in [-0.3, -0.25) is 0 Å². The number of rotatable bonds is 3. The van der Waals surface area contributed by atoms with Crippen LogP contribution in [0.5, 0.6) is 0 Å². The number of ether oxygens (including phenoxy) is 1. The molecular formula is C12H13ClO2. The highest BCUT2D eigenvalue weighted by Crippen LogP contribution is 2.16. The van der Waals surface area contributed by atoms with Crippen molar-refractivity contribution in [3.05, 3.63) is 40.9 Å². The normalized spacial score (nSPS) is 10.9. The molecule has 80 valence electrons. The number of halogens is 1. The van der Waals surface area contributed by atoms with E-state index in [1.54, 1.807) is 26.0 Å². The first-order valence-corrected chi connectivity index (χ1v) is 5.10. The maximum absolute atomic E-state index is 11.2. The molecule has 0 amide bonds. The molecule has 0 saturated heterocycles. The molecule has 0 aromatic heterocycles. The molecule has 1 rings (SSSR count). The van der Waals surface area contributed by atoms with Crippen LogP contribution in [0.3, 0.4) is 0 Å². The average Bonchev–Trinajstić information content (AvgIpc) is 2.15. The smallest absolute Gasteiger partial charge is 0.331 e. The van der Waals surface area contributed by atoms with Crippen molar-refractivity contribution in [2.45, 2.75) is 20.0 Å². The fourth-order valence-electron chi connectivity index (χ4n) is 1.04. The Morgan fingerprint density at radius 3 is 2.67 bits per heavy atom. The third kappa shape index (κ3) is 4.17. The van der Waals surface area contributed by atoms with E-state index in [4.69, 9.17) is 16.3 Å². The average molecular weight is 225 g/mol. The number of esters is 1. The van der Waals surface area contributed by atoms with Gasteiger partial charge in [0, 0.05) is 11.1 Å². The van der Waals surface area contributed by atoms with Gasteiger partial charge in [0.25, 0.3) is 0 Å². The molecule has 0 aliphatic carbocycles. The topological polar surface area (TPSA) is 26.3 Å². The lowest BCUT2D eigenvalue weighted by atomic mass is 10.2. The second-order valence-electron chi connectivity index (χ2n) is 3.34. The van der Waals surface area contributed by atoms with E-state index in [1.165, 1.54) is 6.08 Å². The summed E-state index contributed by atoms with van der Waals surface area (Å²) in [5.74, 6) is -0.357. The maximum atomic E-state index is 11.2. The zero-order valence-electron chi connectivity index (χ0n) is 8.74. The molecule has 1 aromatic rings. The highest BCUT2D eigenvalue weighted by atomic mass is 35.5. The summed E-state index contributed by atoms with van der Waals surface area (Å²) in [4.78, 5) is 11.2. The van der Waals surface area contributed by atoms with Crippen molar-refractivity contribution in [1.82, 2.24) is 0 Å². The molecule has 0 aliphatic heterocycles. The minimum Gasteiger partial charge on any atom is -0.460 e. The molecule has 0 spiro atoms. The standard InChI is InChI=1S/C12H13ClO2/c1-9(2)15-12(14)8-7-10-5-3-4-6-11(10)13/h3-9H,1-2H3/b8-7+. The van der Waals surface area contributed by atoms with Crippen molar-refractivity contribution >= 4 is 23.6 Å². The molecule has 0 fully saturated rings. The molecule has 0 saturated carbocycles. The van der Waals surface area contributed by atoms with E-state index in [0.29, 0.717) is 5.02 Å². The molecule has 0 N–H and O–H groups in total. The Kier molecular flexibility index (Phi) is 4.37. The molecule has 15 heavy (non-hydrogen) atoms. The third-order valence-electron chi connectivity index (χ3n) is 1.66. The summed E-state index contributed by atoms with van der Waals surface area (Å²) in [6.07, 6.45) is 2.92. The lowest BCUT2D eigenvalue weighted by Gasteiger charge is -2.04. The Balaban J connectivity index is 2.66. The van der Waals surface area contributed by atoms with Crippen LogP contribution in [0, 0.1) is 0 Å². The van der Waals surface area contributed by atoms with E-state index in [1.807, 2.05) is 18.2 Å². The molecule has 3 heteroatoms. The van der Waals surface area contributed by atoms with Gasteiger partial charge in [-0.05, 0) is 31.6 Å². The van der Waals surface area contributed by atoms with Gasteiger partial charge in [0.15, 0.2) is 0 Å². The van der Waals surface area contributed by atoms with E-state index in [9.17, 15) is 4.79 Å². The van der Waals surface area contributed by atoms with Gasteiger partial charge in [-0.1, -0.05) is 29.8 Å². The summed E-state index contributed by atoms with van der Waals surface area (Å²) in [6.45, 7) is 3.61. The van der Waals surface area contributed by atoms with Gasteiger partial charge in [0.2, 0.25) is 0 Å². The fraction of sp³-hybridized carbons (Fsp3) is 0.250. The van der Waals surface area contributed by atoms with Gasteiger partial charge in [0.05, 0.1) is 6.10 Å². The van der Waals surface area contributed by atoms with Crippen LogP contribution in [-0.4, -0.2) is 12.1 Å². The highest BCUT2D eigenvalue weighted by molar-refractivity contribution is 6.32. The van der Waals surface area contributed by atoms with Crippen LogP contribution < -0.4 is 0 Å². The molecule has 1 aromatic carbocycles. The Hall–Kier alpha value is -1.28. The number of hydrogen-bond acceptors (Lipinski definition) is 2. The predicted octanol–water partition coefficient (Wildman–Crippen LogP) is 3.30. The van der Waals surface area contributed by atoms with Gasteiger partial charge < -0.3 is 4.74 Å². The highest BCUT2D eigenvalue weighted by Gasteiger charge is 2.00. The summed E-state index contributed by atoms with van der Waals surface area (Å²) in [5.41, 5.74) is 0.805. The lowest BCUT2D eigenvalue weighted by molar-refractivity contribution is -0.141. The molecule has 0 bridgehead atoms. The number of carbonyl (C=O) groups is 1. The first kappa shape index (κ1) is 11.8. The van der Waals surface area contributed by atoms with E-state index in [0.717, 1.165) is 5.56 Å². The van der Waals surface area contributed by atoms with E-state index in [2.05, 4.69) is 0 Å². The van der Waals surface area contributed by atoms with Gasteiger partial charge >= 0.3 is 5.97 Å². The zero-order chi connectivity index (χ0) is 11.3. The molecule has 0 radical (unpaired) electrons. The maximum Gasteiger partial charge on any atom is 0.331 e. The van der Waals surface area contributed by atoms with Crippen molar-refractivity contribution in [3.63, 3.8) is 0 Å². The van der Waals surface area contributed by atoms with E-state index >= 15 is 0 Å². The largest absolute Gasteiger partial charge is 0.460 e. The first-order valence-electron chi connectivity index (χ1n) is 4.73. The second kappa shape index (κ2) is 5.56. The molecule has 0 unspecified atom stereocenters. The summed E-state index contributed by atoms with van der Waals surface area (Å²) < 4.78 is 4.94. The van der Waals surface area contributed by atoms with Crippen LogP contribution >= 0.6 is 11.6 Å². The van der Waals surface area contributed by atoms with Gasteiger partial charge in [-0.15, -0.1) is 0 Å². The quantitative estimate of drug-likeness (QED) is 0.582. The molecular weight excluding hydrogens is 212 g/mol. The minimum atomic E-state index is -0.357. The number of benzene rings is 1. The van der Waals surface area contributed by atoms with Crippen LogP contribution in [0.4, 0.5) is 0 Å². The third-order valence-corrected chi connectivity index (χ3v) is 2.00. The second-order valence-corrected chi connectivity index (χ2v) is 3.75. The molecule has 0 atom stereocenters.